The minimum atomic E-state index is 0.00783. The van der Waals surface area contributed by atoms with E-state index in [4.69, 9.17) is 0 Å². The van der Waals surface area contributed by atoms with Crippen LogP contribution in [-0.2, 0) is 11.2 Å². The predicted molar refractivity (Wildman–Crippen MR) is 107 cm³/mol. The number of benzene rings is 1. The summed E-state index contributed by atoms with van der Waals surface area (Å²) in [4.78, 5) is 14.8. The van der Waals surface area contributed by atoms with Gasteiger partial charge in [0.1, 0.15) is 0 Å². The third-order valence-corrected chi connectivity index (χ3v) is 5.84. The number of piperidine rings is 1. The second-order valence-corrected chi connectivity index (χ2v) is 7.70. The van der Waals surface area contributed by atoms with Gasteiger partial charge < -0.3 is 10.2 Å². The topological polar surface area (TPSA) is 63.1 Å². The second-order valence-electron chi connectivity index (χ2n) is 6.77. The molecule has 3 heterocycles. The first-order valence-electron chi connectivity index (χ1n) is 9.33. The summed E-state index contributed by atoms with van der Waals surface area (Å²) in [5, 5.41) is 13.4. The van der Waals surface area contributed by atoms with E-state index in [0.29, 0.717) is 13.1 Å². The summed E-state index contributed by atoms with van der Waals surface area (Å²) in [6.07, 6.45) is 6.71. The van der Waals surface area contributed by atoms with Crippen LogP contribution in [0.3, 0.4) is 0 Å². The molecule has 1 amide bonds. The lowest BCUT2D eigenvalue weighted by Gasteiger charge is -2.31. The summed E-state index contributed by atoms with van der Waals surface area (Å²) in [5.41, 5.74) is 1.24. The van der Waals surface area contributed by atoms with Crippen molar-refractivity contribution < 1.29 is 4.79 Å². The lowest BCUT2D eigenvalue weighted by atomic mass is 9.97. The number of nitrogens with zero attached hydrogens (tertiary/aromatic N) is 4. The van der Waals surface area contributed by atoms with E-state index < -0.39 is 0 Å². The van der Waals surface area contributed by atoms with Gasteiger partial charge in [0.2, 0.25) is 16.2 Å². The Morgan fingerprint density at radius 1 is 1.11 bits per heavy atom. The number of carbonyl (C=O) groups excluding carboxylic acids is 1. The van der Waals surface area contributed by atoms with Gasteiger partial charge >= 0.3 is 0 Å². The first-order chi connectivity index (χ1) is 13.3. The molecule has 0 aliphatic carbocycles. The standard InChI is InChI=1S/C20H23N5OS/c26-18(21-11-10-16-7-2-1-3-8-16)17-9-6-14-25(15-17)20-23-22-19(27-20)24-12-4-5-13-24/h1-5,7-8,12-13,17H,6,9-11,14-15H2,(H,21,26)/t17-/m1/s1. The summed E-state index contributed by atoms with van der Waals surface area (Å²) >= 11 is 1.56. The molecule has 1 N–H and O–H groups in total. The van der Waals surface area contributed by atoms with Gasteiger partial charge in [-0.05, 0) is 37.0 Å². The maximum atomic E-state index is 12.6. The average Bonchev–Trinajstić information content (AvgIpc) is 3.40. The molecule has 1 aromatic carbocycles. The molecule has 1 fully saturated rings. The first-order valence-corrected chi connectivity index (χ1v) is 10.1. The molecule has 4 rings (SSSR count). The lowest BCUT2D eigenvalue weighted by molar-refractivity contribution is -0.125. The molecule has 3 aromatic rings. The number of rotatable bonds is 6. The molecule has 2 aromatic heterocycles. The summed E-state index contributed by atoms with van der Waals surface area (Å²) in [5.74, 6) is 0.152. The highest BCUT2D eigenvalue weighted by Crippen LogP contribution is 2.27. The Morgan fingerprint density at radius 3 is 2.70 bits per heavy atom. The fourth-order valence-electron chi connectivity index (χ4n) is 3.39. The molecule has 0 radical (unpaired) electrons. The molecule has 1 atom stereocenters. The Morgan fingerprint density at radius 2 is 1.89 bits per heavy atom. The van der Waals surface area contributed by atoms with Gasteiger partial charge in [-0.15, -0.1) is 10.2 Å². The summed E-state index contributed by atoms with van der Waals surface area (Å²) < 4.78 is 1.96. The molecule has 1 aliphatic rings. The third-order valence-electron chi connectivity index (χ3n) is 4.85. The van der Waals surface area contributed by atoms with Crippen molar-refractivity contribution in [3.05, 3.63) is 60.4 Å². The minimum Gasteiger partial charge on any atom is -0.355 e. The average molecular weight is 382 g/mol. The number of hydrogen-bond donors (Lipinski definition) is 1. The molecule has 7 heteroatoms. The van der Waals surface area contributed by atoms with Crippen molar-refractivity contribution in [2.45, 2.75) is 19.3 Å². The Kier molecular flexibility index (Phi) is 5.48. The quantitative estimate of drug-likeness (QED) is 0.713. The Bertz CT molecular complexity index is 862. The zero-order valence-electron chi connectivity index (χ0n) is 15.1. The number of anilines is 1. The van der Waals surface area contributed by atoms with Crippen LogP contribution in [0.2, 0.25) is 0 Å². The number of carbonyl (C=O) groups is 1. The Labute approximate surface area is 162 Å². The van der Waals surface area contributed by atoms with Gasteiger partial charge in [0.25, 0.3) is 0 Å². The van der Waals surface area contributed by atoms with Crippen LogP contribution in [-0.4, -0.2) is 40.3 Å². The highest BCUT2D eigenvalue weighted by Gasteiger charge is 2.27. The van der Waals surface area contributed by atoms with E-state index in [9.17, 15) is 4.79 Å². The molecule has 0 spiro atoms. The van der Waals surface area contributed by atoms with Crippen molar-refractivity contribution in [3.63, 3.8) is 0 Å². The van der Waals surface area contributed by atoms with Crippen LogP contribution in [0.4, 0.5) is 5.13 Å². The van der Waals surface area contributed by atoms with Crippen LogP contribution in [0.15, 0.2) is 54.9 Å². The van der Waals surface area contributed by atoms with Gasteiger partial charge in [-0.3, -0.25) is 9.36 Å². The number of nitrogens with one attached hydrogen (secondary N) is 1. The van der Waals surface area contributed by atoms with E-state index in [2.05, 4.69) is 32.5 Å². The van der Waals surface area contributed by atoms with Crippen molar-refractivity contribution >= 4 is 22.4 Å². The lowest BCUT2D eigenvalue weighted by Crippen LogP contribution is -2.43. The van der Waals surface area contributed by atoms with Crippen LogP contribution >= 0.6 is 11.3 Å². The summed E-state index contributed by atoms with van der Waals surface area (Å²) in [6.45, 7) is 2.31. The smallest absolute Gasteiger partial charge is 0.224 e. The molecular formula is C20H23N5OS. The van der Waals surface area contributed by atoms with Crippen LogP contribution in [0.5, 0.6) is 0 Å². The molecule has 6 nitrogen and oxygen atoms in total. The summed E-state index contributed by atoms with van der Waals surface area (Å²) in [7, 11) is 0. The third kappa shape index (κ3) is 4.36. The fraction of sp³-hybridized carbons (Fsp3) is 0.350. The van der Waals surface area contributed by atoms with E-state index in [-0.39, 0.29) is 11.8 Å². The van der Waals surface area contributed by atoms with Crippen molar-refractivity contribution in [2.24, 2.45) is 5.92 Å². The zero-order valence-corrected chi connectivity index (χ0v) is 15.9. The van der Waals surface area contributed by atoms with Gasteiger partial charge in [-0.1, -0.05) is 41.7 Å². The van der Waals surface area contributed by atoms with Gasteiger partial charge in [0, 0.05) is 32.0 Å². The fourth-order valence-corrected chi connectivity index (χ4v) is 4.23. The molecule has 27 heavy (non-hydrogen) atoms. The highest BCUT2D eigenvalue weighted by atomic mass is 32.1. The van der Waals surface area contributed by atoms with E-state index in [1.165, 1.54) is 5.56 Å². The van der Waals surface area contributed by atoms with Crippen LogP contribution < -0.4 is 10.2 Å². The van der Waals surface area contributed by atoms with E-state index in [1.54, 1.807) is 11.3 Å². The monoisotopic (exact) mass is 381 g/mol. The number of aromatic nitrogens is 3. The molecular weight excluding hydrogens is 358 g/mol. The van der Waals surface area contributed by atoms with Gasteiger partial charge in [-0.2, -0.15) is 0 Å². The zero-order chi connectivity index (χ0) is 18.5. The van der Waals surface area contributed by atoms with Crippen molar-refractivity contribution in [1.29, 1.82) is 0 Å². The maximum Gasteiger partial charge on any atom is 0.224 e. The molecule has 1 saturated heterocycles. The minimum absolute atomic E-state index is 0.00783. The van der Waals surface area contributed by atoms with Crippen molar-refractivity contribution in [2.75, 3.05) is 24.5 Å². The number of hydrogen-bond acceptors (Lipinski definition) is 5. The van der Waals surface area contributed by atoms with E-state index >= 15 is 0 Å². The molecule has 140 valence electrons. The van der Waals surface area contributed by atoms with E-state index in [1.807, 2.05) is 47.3 Å². The van der Waals surface area contributed by atoms with Crippen LogP contribution in [0.25, 0.3) is 5.13 Å². The second kappa shape index (κ2) is 8.35. The SMILES string of the molecule is O=C(NCCc1ccccc1)[C@@H]1CCCN(c2nnc(-n3cccc3)s2)C1. The van der Waals surface area contributed by atoms with Crippen LogP contribution in [0.1, 0.15) is 18.4 Å². The first kappa shape index (κ1) is 17.7. The largest absolute Gasteiger partial charge is 0.355 e. The Hall–Kier alpha value is -2.67. The van der Waals surface area contributed by atoms with Crippen molar-refractivity contribution in [1.82, 2.24) is 20.1 Å². The number of amides is 1. The van der Waals surface area contributed by atoms with Crippen molar-refractivity contribution in [3.8, 4) is 5.13 Å². The van der Waals surface area contributed by atoms with Gasteiger partial charge in [-0.25, -0.2) is 0 Å². The molecule has 0 bridgehead atoms. The maximum absolute atomic E-state index is 12.6. The highest BCUT2D eigenvalue weighted by molar-refractivity contribution is 7.17. The molecule has 0 unspecified atom stereocenters. The van der Waals surface area contributed by atoms with E-state index in [0.717, 1.165) is 36.1 Å². The summed E-state index contributed by atoms with van der Waals surface area (Å²) in [6, 6.07) is 14.2. The van der Waals surface area contributed by atoms with Gasteiger partial charge in [0.15, 0.2) is 0 Å². The molecule has 0 saturated carbocycles. The van der Waals surface area contributed by atoms with Crippen LogP contribution in [0, 0.1) is 5.92 Å². The predicted octanol–water partition coefficient (Wildman–Crippen LogP) is 2.90. The van der Waals surface area contributed by atoms with Gasteiger partial charge in [0.05, 0.1) is 5.92 Å². The Balaban J connectivity index is 1.32. The molecule has 1 aliphatic heterocycles. The normalized spacial score (nSPS) is 17.0.